The van der Waals surface area contributed by atoms with Crippen LogP contribution in [0.25, 0.3) is 54.7 Å². The summed E-state index contributed by atoms with van der Waals surface area (Å²) in [5, 5.41) is 8.89. The van der Waals surface area contributed by atoms with Crippen molar-refractivity contribution < 1.29 is 0 Å². The van der Waals surface area contributed by atoms with Crippen LogP contribution >= 0.6 is 23.2 Å². The van der Waals surface area contributed by atoms with E-state index in [4.69, 9.17) is 23.2 Å². The molecule has 0 fully saturated rings. The fraction of sp³-hybridized carbons (Fsp3) is 0.0526. The minimum atomic E-state index is 0.758. The molecule has 0 aliphatic heterocycles. The van der Waals surface area contributed by atoms with Gasteiger partial charge in [-0.1, -0.05) is 96.0 Å². The first-order valence-electron chi connectivity index (χ1n) is 14.3. The van der Waals surface area contributed by atoms with Crippen molar-refractivity contribution in [3.8, 4) is 11.4 Å². The first-order chi connectivity index (χ1) is 20.7. The Morgan fingerprint density at radius 1 is 0.429 bits per heavy atom. The molecule has 42 heavy (non-hydrogen) atoms. The van der Waals surface area contributed by atoms with Crippen molar-refractivity contribution in [2.45, 2.75) is 12.8 Å². The topological polar surface area (TPSA) is 9.86 Å². The maximum absolute atomic E-state index is 6.44. The van der Waals surface area contributed by atoms with E-state index in [0.717, 1.165) is 33.7 Å². The first kappa shape index (κ1) is 24.1. The summed E-state index contributed by atoms with van der Waals surface area (Å²) in [6.07, 6.45) is 1.69. The van der Waals surface area contributed by atoms with E-state index in [1.165, 1.54) is 66.5 Å². The Hall–Kier alpha value is -4.50. The lowest BCUT2D eigenvalue weighted by molar-refractivity contribution is 0.863. The Morgan fingerprint density at radius 2 is 0.857 bits per heavy atom. The second-order valence-corrected chi connectivity index (χ2v) is 12.1. The van der Waals surface area contributed by atoms with Crippen LogP contribution in [-0.2, 0) is 12.8 Å². The summed E-state index contributed by atoms with van der Waals surface area (Å²) < 4.78 is 4.99. The third-order valence-electron chi connectivity index (χ3n) is 8.96. The van der Waals surface area contributed by atoms with Gasteiger partial charge in [0.25, 0.3) is 0 Å². The van der Waals surface area contributed by atoms with E-state index >= 15 is 0 Å². The highest BCUT2D eigenvalue weighted by Gasteiger charge is 2.30. The maximum Gasteiger partial charge on any atom is 0.0613 e. The number of benzene rings is 6. The number of aromatic nitrogens is 2. The average Bonchev–Trinajstić information content (AvgIpc) is 3.53. The minimum Gasteiger partial charge on any atom is -0.312 e. The van der Waals surface area contributed by atoms with E-state index < -0.39 is 0 Å². The number of fused-ring (bicyclic) bond motifs is 10. The van der Waals surface area contributed by atoms with Gasteiger partial charge in [0.1, 0.15) is 0 Å². The summed E-state index contributed by atoms with van der Waals surface area (Å²) in [4.78, 5) is 0. The van der Waals surface area contributed by atoms with Crippen molar-refractivity contribution in [2.24, 2.45) is 0 Å². The van der Waals surface area contributed by atoms with Crippen LogP contribution in [0.5, 0.6) is 0 Å². The predicted molar refractivity (Wildman–Crippen MR) is 177 cm³/mol. The van der Waals surface area contributed by atoms with E-state index in [0.29, 0.717) is 0 Å². The monoisotopic (exact) mass is 578 g/mol. The number of hydrogen-bond acceptors (Lipinski definition) is 0. The molecule has 0 spiro atoms. The highest BCUT2D eigenvalue weighted by molar-refractivity contribution is 6.32. The molecule has 4 heteroatoms. The number of rotatable bonds is 2. The summed E-state index contributed by atoms with van der Waals surface area (Å²) in [6, 6.07) is 43.1. The SMILES string of the molecule is Clc1ccc2c(ccc3c4c(n(-c5ccccc5)c32)Cc2c(c3ccc5cc(Cl)ccc5c3n2-c2ccccc2)C4)c1. The maximum atomic E-state index is 6.44. The molecule has 0 unspecified atom stereocenters. The van der Waals surface area contributed by atoms with Crippen LogP contribution in [0, 0.1) is 0 Å². The van der Waals surface area contributed by atoms with Gasteiger partial charge in [-0.15, -0.1) is 0 Å². The van der Waals surface area contributed by atoms with Crippen LogP contribution in [0.3, 0.4) is 0 Å². The highest BCUT2D eigenvalue weighted by Crippen LogP contribution is 2.45. The summed E-state index contributed by atoms with van der Waals surface area (Å²) in [6.45, 7) is 0. The summed E-state index contributed by atoms with van der Waals surface area (Å²) >= 11 is 12.9. The Kier molecular flexibility index (Phi) is 5.17. The van der Waals surface area contributed by atoms with Crippen LogP contribution in [0.2, 0.25) is 10.0 Å². The number of hydrogen-bond donors (Lipinski definition) is 0. The highest BCUT2D eigenvalue weighted by atomic mass is 35.5. The molecule has 0 saturated carbocycles. The Bertz CT molecular complexity index is 2200. The van der Waals surface area contributed by atoms with Crippen LogP contribution in [0.15, 0.2) is 121 Å². The van der Waals surface area contributed by atoms with E-state index in [9.17, 15) is 0 Å². The molecule has 1 aliphatic carbocycles. The summed E-state index contributed by atoms with van der Waals surface area (Å²) in [5.74, 6) is 0. The Balaban J connectivity index is 1.41. The molecule has 0 N–H and O–H groups in total. The van der Waals surface area contributed by atoms with Crippen LogP contribution < -0.4 is 0 Å². The second-order valence-electron chi connectivity index (χ2n) is 11.2. The second kappa shape index (κ2) is 9.00. The van der Waals surface area contributed by atoms with Crippen molar-refractivity contribution in [3.63, 3.8) is 0 Å². The lowest BCUT2D eigenvalue weighted by Crippen LogP contribution is -2.13. The number of para-hydroxylation sites is 2. The lowest BCUT2D eigenvalue weighted by Gasteiger charge is -2.20. The fourth-order valence-corrected chi connectivity index (χ4v) is 7.57. The van der Waals surface area contributed by atoms with Gasteiger partial charge >= 0.3 is 0 Å². The van der Waals surface area contributed by atoms with Gasteiger partial charge in [-0.3, -0.25) is 0 Å². The third-order valence-corrected chi connectivity index (χ3v) is 9.43. The smallest absolute Gasteiger partial charge is 0.0613 e. The quantitative estimate of drug-likeness (QED) is 0.193. The molecular formula is C38H24Cl2N2. The molecule has 8 aromatic rings. The molecule has 200 valence electrons. The molecule has 2 heterocycles. The van der Waals surface area contributed by atoms with Crippen LogP contribution in [0.4, 0.5) is 0 Å². The van der Waals surface area contributed by atoms with Crippen LogP contribution in [0.1, 0.15) is 22.5 Å². The van der Waals surface area contributed by atoms with E-state index in [1.54, 1.807) is 0 Å². The van der Waals surface area contributed by atoms with Crippen LogP contribution in [-0.4, -0.2) is 9.13 Å². The van der Waals surface area contributed by atoms with E-state index in [1.807, 2.05) is 12.1 Å². The number of nitrogens with zero attached hydrogens (tertiary/aromatic N) is 2. The summed E-state index contributed by atoms with van der Waals surface area (Å²) in [5.41, 5.74) is 10.4. The molecule has 2 nitrogen and oxygen atoms in total. The summed E-state index contributed by atoms with van der Waals surface area (Å²) in [7, 11) is 0. The Labute approximate surface area is 252 Å². The zero-order chi connectivity index (χ0) is 27.9. The number of halogens is 2. The Morgan fingerprint density at radius 3 is 1.31 bits per heavy atom. The average molecular weight is 580 g/mol. The van der Waals surface area contributed by atoms with Gasteiger partial charge in [-0.2, -0.15) is 0 Å². The zero-order valence-electron chi connectivity index (χ0n) is 22.6. The van der Waals surface area contributed by atoms with Crippen molar-refractivity contribution in [1.29, 1.82) is 0 Å². The van der Waals surface area contributed by atoms with Crippen molar-refractivity contribution in [3.05, 3.63) is 154 Å². The van der Waals surface area contributed by atoms with E-state index in [-0.39, 0.29) is 0 Å². The largest absolute Gasteiger partial charge is 0.312 e. The molecule has 6 aromatic carbocycles. The molecule has 0 saturated heterocycles. The van der Waals surface area contributed by atoms with Gasteiger partial charge in [0.15, 0.2) is 0 Å². The van der Waals surface area contributed by atoms with Gasteiger partial charge in [-0.05, 0) is 70.4 Å². The van der Waals surface area contributed by atoms with Crippen molar-refractivity contribution in [1.82, 2.24) is 9.13 Å². The van der Waals surface area contributed by atoms with Gasteiger partial charge in [0, 0.05) is 67.2 Å². The molecular weight excluding hydrogens is 555 g/mol. The van der Waals surface area contributed by atoms with Gasteiger partial charge in [-0.25, -0.2) is 0 Å². The zero-order valence-corrected chi connectivity index (χ0v) is 24.1. The molecule has 0 atom stereocenters. The standard InChI is InChI=1S/C38H24Cl2N2/c39-25-13-17-29-23(19-25)11-15-31-33-21-34-32-16-12-24-20-26(40)14-18-30(24)38(32)42(28-9-5-2-6-10-28)36(34)22-35(33)41(37(29)31)27-7-3-1-4-8-27/h1-20H,21-22H2. The molecule has 0 radical (unpaired) electrons. The fourth-order valence-electron chi connectivity index (χ4n) is 7.21. The molecule has 1 aliphatic rings. The van der Waals surface area contributed by atoms with Gasteiger partial charge in [0.2, 0.25) is 0 Å². The third kappa shape index (κ3) is 3.40. The normalized spacial score (nSPS) is 12.8. The molecule has 0 bridgehead atoms. The molecule has 2 aromatic heterocycles. The molecule has 9 rings (SSSR count). The van der Waals surface area contributed by atoms with Gasteiger partial charge < -0.3 is 9.13 Å². The molecule has 0 amide bonds. The first-order valence-corrected chi connectivity index (χ1v) is 15.0. The minimum absolute atomic E-state index is 0.758. The van der Waals surface area contributed by atoms with E-state index in [2.05, 4.69) is 118 Å². The van der Waals surface area contributed by atoms with Crippen molar-refractivity contribution in [2.75, 3.05) is 0 Å². The predicted octanol–water partition coefficient (Wildman–Crippen LogP) is 10.7. The van der Waals surface area contributed by atoms with Crippen molar-refractivity contribution >= 4 is 66.6 Å². The van der Waals surface area contributed by atoms with Gasteiger partial charge in [0.05, 0.1) is 11.0 Å². The lowest BCUT2D eigenvalue weighted by atomic mass is 9.91.